The van der Waals surface area contributed by atoms with Crippen molar-refractivity contribution in [2.24, 2.45) is 5.41 Å². The molecule has 0 amide bonds. The fourth-order valence-corrected chi connectivity index (χ4v) is 5.65. The molecule has 1 saturated heterocycles. The van der Waals surface area contributed by atoms with Gasteiger partial charge in [-0.2, -0.15) is 0 Å². The lowest BCUT2D eigenvalue weighted by Gasteiger charge is -2.46. The van der Waals surface area contributed by atoms with E-state index in [1.54, 1.807) is 27.4 Å². The van der Waals surface area contributed by atoms with Crippen molar-refractivity contribution < 1.29 is 28.8 Å². The first-order chi connectivity index (χ1) is 13.7. The van der Waals surface area contributed by atoms with Crippen LogP contribution >= 0.6 is 0 Å². The summed E-state index contributed by atoms with van der Waals surface area (Å²) in [5.74, 6) is 1.73. The number of fused-ring (bicyclic) bond motifs is 1. The number of carbonyl (C=O) groups excluding carboxylic acids is 1. The first-order valence-electron chi connectivity index (χ1n) is 10.2. The lowest BCUT2D eigenvalue weighted by molar-refractivity contribution is -0.155. The number of aliphatic hydroxyl groups is 1. The second-order valence-electron chi connectivity index (χ2n) is 8.91. The first kappa shape index (κ1) is 20.1. The van der Waals surface area contributed by atoms with E-state index in [9.17, 15) is 9.90 Å². The smallest absolute Gasteiger partial charge is 0.315 e. The maximum absolute atomic E-state index is 12.8. The molecule has 1 heterocycles. The van der Waals surface area contributed by atoms with E-state index in [1.165, 1.54) is 0 Å². The van der Waals surface area contributed by atoms with Gasteiger partial charge in [0, 0.05) is 23.1 Å². The molecule has 1 aromatic rings. The van der Waals surface area contributed by atoms with E-state index in [0.717, 1.165) is 23.1 Å². The second kappa shape index (κ2) is 6.39. The number of hydrogen-bond donors (Lipinski definition) is 1. The summed E-state index contributed by atoms with van der Waals surface area (Å²) in [7, 11) is 4.86. The summed E-state index contributed by atoms with van der Waals surface area (Å²) in [5.41, 5.74) is -0.794. The molecule has 6 heteroatoms. The standard InChI is InChI=1S/C23H30O6/c1-13(2)16-17(26-4)14-8-11-23(25)21(3)9-7-10-22(23,29-20(21)24)12-15(14)18(27-5)19(16)28-6/h8,11,13,25H,7,9-10,12H2,1-6H3/t21-,22+,23?/m1/s1. The number of carbonyl (C=O) groups is 1. The van der Waals surface area contributed by atoms with Gasteiger partial charge in [-0.25, -0.2) is 0 Å². The van der Waals surface area contributed by atoms with Crippen LogP contribution in [0.25, 0.3) is 6.08 Å². The minimum absolute atomic E-state index is 0.131. The van der Waals surface area contributed by atoms with E-state index in [4.69, 9.17) is 18.9 Å². The maximum atomic E-state index is 12.8. The Hall–Kier alpha value is -2.21. The summed E-state index contributed by atoms with van der Waals surface area (Å²) in [4.78, 5) is 12.8. The summed E-state index contributed by atoms with van der Waals surface area (Å²) in [6.07, 6.45) is 5.96. The molecule has 0 radical (unpaired) electrons. The van der Waals surface area contributed by atoms with E-state index in [1.807, 2.05) is 13.0 Å². The van der Waals surface area contributed by atoms with Gasteiger partial charge in [0.2, 0.25) is 0 Å². The summed E-state index contributed by atoms with van der Waals surface area (Å²) in [6, 6.07) is 0. The lowest BCUT2D eigenvalue weighted by Crippen LogP contribution is -2.60. The van der Waals surface area contributed by atoms with Gasteiger partial charge in [0.1, 0.15) is 22.4 Å². The molecule has 1 unspecified atom stereocenters. The van der Waals surface area contributed by atoms with Crippen molar-refractivity contribution in [3.05, 3.63) is 22.8 Å². The van der Waals surface area contributed by atoms with Crippen LogP contribution in [0.1, 0.15) is 62.6 Å². The number of esters is 1. The predicted octanol–water partition coefficient (Wildman–Crippen LogP) is 3.62. The normalized spacial score (nSPS) is 32.3. The molecular weight excluding hydrogens is 372 g/mol. The van der Waals surface area contributed by atoms with Crippen molar-refractivity contribution >= 4 is 12.0 Å². The number of methoxy groups -OCH3 is 3. The van der Waals surface area contributed by atoms with Crippen LogP contribution in [0.2, 0.25) is 0 Å². The highest BCUT2D eigenvalue weighted by Gasteiger charge is 2.73. The van der Waals surface area contributed by atoms with Crippen LogP contribution in [-0.4, -0.2) is 43.6 Å². The topological polar surface area (TPSA) is 74.2 Å². The second-order valence-corrected chi connectivity index (χ2v) is 8.91. The van der Waals surface area contributed by atoms with Gasteiger partial charge in [-0.15, -0.1) is 0 Å². The van der Waals surface area contributed by atoms with Gasteiger partial charge in [-0.05, 0) is 38.2 Å². The Morgan fingerprint density at radius 3 is 2.31 bits per heavy atom. The van der Waals surface area contributed by atoms with Crippen LogP contribution in [-0.2, 0) is 16.0 Å². The lowest BCUT2D eigenvalue weighted by atomic mass is 9.58. The van der Waals surface area contributed by atoms with Gasteiger partial charge in [-0.1, -0.05) is 19.9 Å². The summed E-state index contributed by atoms with van der Waals surface area (Å²) < 4.78 is 23.4. The quantitative estimate of drug-likeness (QED) is 0.776. The molecule has 1 aliphatic heterocycles. The van der Waals surface area contributed by atoms with Gasteiger partial charge in [0.15, 0.2) is 11.5 Å². The largest absolute Gasteiger partial charge is 0.496 e. The third-order valence-corrected chi connectivity index (χ3v) is 7.21. The highest BCUT2D eigenvalue weighted by atomic mass is 16.6. The van der Waals surface area contributed by atoms with E-state index in [2.05, 4.69) is 13.8 Å². The Balaban J connectivity index is 2.05. The fourth-order valence-electron chi connectivity index (χ4n) is 5.65. The molecule has 0 spiro atoms. The fraction of sp³-hybridized carbons (Fsp3) is 0.609. The monoisotopic (exact) mass is 402 g/mol. The zero-order valence-corrected chi connectivity index (χ0v) is 18.0. The molecule has 0 aromatic heterocycles. The molecule has 158 valence electrons. The Kier molecular flexibility index (Phi) is 4.43. The van der Waals surface area contributed by atoms with Crippen molar-refractivity contribution in [1.82, 2.24) is 0 Å². The Morgan fingerprint density at radius 2 is 1.72 bits per heavy atom. The zero-order chi connectivity index (χ0) is 21.2. The van der Waals surface area contributed by atoms with Gasteiger partial charge in [0.25, 0.3) is 0 Å². The molecule has 4 rings (SSSR count). The third kappa shape index (κ3) is 2.29. The average molecular weight is 402 g/mol. The molecule has 3 aliphatic rings. The van der Waals surface area contributed by atoms with Crippen LogP contribution in [0.15, 0.2) is 6.08 Å². The Bertz CT molecular complexity index is 903. The van der Waals surface area contributed by atoms with Crippen molar-refractivity contribution in [1.29, 1.82) is 0 Å². The molecular formula is C23H30O6. The first-order valence-corrected chi connectivity index (χ1v) is 10.2. The number of hydrogen-bond acceptors (Lipinski definition) is 6. The molecule has 29 heavy (non-hydrogen) atoms. The van der Waals surface area contributed by atoms with Crippen LogP contribution in [0, 0.1) is 5.41 Å². The van der Waals surface area contributed by atoms with Crippen molar-refractivity contribution in [3.8, 4) is 17.2 Å². The van der Waals surface area contributed by atoms with E-state index < -0.39 is 16.6 Å². The SMILES string of the molecule is COc1c2c(c(OC)c(C(C)C)c1OC)C=CC1(O)[C@]3(CCC[C@]1(C)C(=O)O3)C2. The predicted molar refractivity (Wildman–Crippen MR) is 109 cm³/mol. The van der Waals surface area contributed by atoms with Crippen molar-refractivity contribution in [2.45, 2.75) is 63.6 Å². The Morgan fingerprint density at radius 1 is 1.07 bits per heavy atom. The summed E-state index contributed by atoms with van der Waals surface area (Å²) in [6.45, 7) is 5.96. The number of benzene rings is 1. The molecule has 3 atom stereocenters. The van der Waals surface area contributed by atoms with Crippen LogP contribution < -0.4 is 14.2 Å². The zero-order valence-electron chi connectivity index (χ0n) is 18.0. The van der Waals surface area contributed by atoms with E-state index >= 15 is 0 Å². The molecule has 2 aliphatic carbocycles. The van der Waals surface area contributed by atoms with Gasteiger partial charge < -0.3 is 24.1 Å². The van der Waals surface area contributed by atoms with Gasteiger partial charge in [0.05, 0.1) is 21.3 Å². The highest BCUT2D eigenvalue weighted by Crippen LogP contribution is 2.62. The molecule has 1 N–H and O–H groups in total. The minimum Gasteiger partial charge on any atom is -0.496 e. The minimum atomic E-state index is -1.39. The van der Waals surface area contributed by atoms with Crippen molar-refractivity contribution in [3.63, 3.8) is 0 Å². The Labute approximate surface area is 171 Å². The number of ether oxygens (including phenoxy) is 4. The molecule has 1 aromatic carbocycles. The summed E-state index contributed by atoms with van der Waals surface area (Å²) in [5, 5.41) is 11.8. The van der Waals surface area contributed by atoms with Gasteiger partial charge >= 0.3 is 5.97 Å². The maximum Gasteiger partial charge on any atom is 0.315 e. The molecule has 2 fully saturated rings. The number of rotatable bonds is 4. The van der Waals surface area contributed by atoms with E-state index in [0.29, 0.717) is 36.5 Å². The molecule has 6 nitrogen and oxygen atoms in total. The highest BCUT2D eigenvalue weighted by molar-refractivity contribution is 5.85. The van der Waals surface area contributed by atoms with Gasteiger partial charge in [-0.3, -0.25) is 4.79 Å². The van der Waals surface area contributed by atoms with Crippen LogP contribution in [0.3, 0.4) is 0 Å². The van der Waals surface area contributed by atoms with E-state index in [-0.39, 0.29) is 11.9 Å². The average Bonchev–Trinajstić information content (AvgIpc) is 2.82. The van der Waals surface area contributed by atoms with Crippen LogP contribution in [0.5, 0.6) is 17.2 Å². The summed E-state index contributed by atoms with van der Waals surface area (Å²) >= 11 is 0. The van der Waals surface area contributed by atoms with Crippen molar-refractivity contribution in [2.75, 3.05) is 21.3 Å². The molecule has 2 bridgehead atoms. The third-order valence-electron chi connectivity index (χ3n) is 7.21. The molecule has 1 saturated carbocycles. The van der Waals surface area contributed by atoms with Crippen LogP contribution in [0.4, 0.5) is 0 Å².